The van der Waals surface area contributed by atoms with E-state index >= 15 is 0 Å². The van der Waals surface area contributed by atoms with Gasteiger partial charge in [-0.05, 0) is 68.1 Å². The highest BCUT2D eigenvalue weighted by atomic mass is 28.3. The standard InChI is InChI=1S/C35H42F2N6O5Si/c1-7-27-31(42-48-41-27)33(44)39-32(30-24-16-25(36)26(37)17-28(24)47-18-35(30)12-13-35)34(45)38-23-10-8-22(9-11-23)29-20(2)40-43(21(29)3)19-46-14-15-49(4,5)6/h8-11,16-17,30,32H,7,12-15,18-19H2,1-6H3,(H,38,45)(H,39,44)/t30?,32-/m0/s1. The molecule has 2 atom stereocenters. The minimum atomic E-state index is -1.20. The molecule has 2 aromatic heterocycles. The van der Waals surface area contributed by atoms with Crippen molar-refractivity contribution in [2.75, 3.05) is 18.5 Å². The van der Waals surface area contributed by atoms with Crippen LogP contribution in [0.15, 0.2) is 41.0 Å². The summed E-state index contributed by atoms with van der Waals surface area (Å²) in [6.45, 7) is 14.0. The van der Waals surface area contributed by atoms with Crippen LogP contribution in [0.1, 0.15) is 58.8 Å². The van der Waals surface area contributed by atoms with Crippen LogP contribution in [0.4, 0.5) is 14.5 Å². The molecule has 1 unspecified atom stereocenters. The number of aryl methyl sites for hydroxylation is 2. The molecule has 1 fully saturated rings. The van der Waals surface area contributed by atoms with Crippen LogP contribution in [0, 0.1) is 30.9 Å². The maximum absolute atomic E-state index is 14.6. The van der Waals surface area contributed by atoms with Crippen molar-refractivity contribution < 1.29 is 32.5 Å². The van der Waals surface area contributed by atoms with Gasteiger partial charge in [0.05, 0.1) is 12.3 Å². The topological polar surface area (TPSA) is 133 Å². The first-order chi connectivity index (χ1) is 23.3. The van der Waals surface area contributed by atoms with Gasteiger partial charge in [0.15, 0.2) is 17.3 Å². The molecule has 1 saturated carbocycles. The minimum Gasteiger partial charge on any atom is -0.493 e. The summed E-state index contributed by atoms with van der Waals surface area (Å²) in [6, 6.07) is 9.30. The number of carbonyl (C=O) groups is 2. The van der Waals surface area contributed by atoms with Crippen LogP contribution in [0.3, 0.4) is 0 Å². The molecule has 0 saturated heterocycles. The van der Waals surface area contributed by atoms with Gasteiger partial charge in [-0.1, -0.05) is 43.9 Å². The zero-order chi connectivity index (χ0) is 35.1. The molecule has 260 valence electrons. The van der Waals surface area contributed by atoms with Crippen molar-refractivity contribution in [3.8, 4) is 16.9 Å². The number of hydrogen-bond donors (Lipinski definition) is 2. The predicted octanol–water partition coefficient (Wildman–Crippen LogP) is 6.40. The second-order valence-electron chi connectivity index (χ2n) is 14.3. The Morgan fingerprint density at radius 1 is 1.10 bits per heavy atom. The highest BCUT2D eigenvalue weighted by molar-refractivity contribution is 6.76. The maximum atomic E-state index is 14.6. The summed E-state index contributed by atoms with van der Waals surface area (Å²) in [5.74, 6) is -3.87. The Morgan fingerprint density at radius 2 is 1.82 bits per heavy atom. The molecule has 2 aliphatic rings. The van der Waals surface area contributed by atoms with E-state index in [1.165, 1.54) is 0 Å². The Bertz CT molecular complexity index is 1860. The fraction of sp³-hybridized carbons (Fsp3) is 0.457. The molecule has 3 heterocycles. The summed E-state index contributed by atoms with van der Waals surface area (Å²) in [4.78, 5) is 27.7. The van der Waals surface area contributed by atoms with Crippen molar-refractivity contribution in [2.45, 2.75) is 84.4 Å². The van der Waals surface area contributed by atoms with Crippen molar-refractivity contribution >= 4 is 25.6 Å². The number of amides is 2. The molecule has 6 rings (SSSR count). The second kappa shape index (κ2) is 13.5. The lowest BCUT2D eigenvalue weighted by Gasteiger charge is -2.38. The first-order valence-electron chi connectivity index (χ1n) is 16.6. The van der Waals surface area contributed by atoms with Crippen LogP contribution in [-0.4, -0.2) is 59.2 Å². The summed E-state index contributed by atoms with van der Waals surface area (Å²) in [5.41, 5.74) is 4.29. The summed E-state index contributed by atoms with van der Waals surface area (Å²) in [5, 5.41) is 18.0. The van der Waals surface area contributed by atoms with Gasteiger partial charge in [0.2, 0.25) is 5.91 Å². The number of fused-ring (bicyclic) bond motifs is 1. The summed E-state index contributed by atoms with van der Waals surface area (Å²) >= 11 is 0. The van der Waals surface area contributed by atoms with Crippen LogP contribution >= 0.6 is 0 Å². The predicted molar refractivity (Wildman–Crippen MR) is 181 cm³/mol. The first kappa shape index (κ1) is 34.4. The number of rotatable bonds is 12. The molecule has 2 aromatic carbocycles. The highest BCUT2D eigenvalue weighted by Crippen LogP contribution is 2.61. The Labute approximate surface area is 284 Å². The quantitative estimate of drug-likeness (QED) is 0.129. The smallest absolute Gasteiger partial charge is 0.276 e. The molecular formula is C35H42F2N6O5Si. The van der Waals surface area contributed by atoms with Crippen LogP contribution < -0.4 is 15.4 Å². The maximum Gasteiger partial charge on any atom is 0.276 e. The van der Waals surface area contributed by atoms with Crippen LogP contribution in [0.2, 0.25) is 25.7 Å². The average Bonchev–Trinajstić information content (AvgIpc) is 3.53. The number of nitrogens with one attached hydrogen (secondary N) is 2. The van der Waals surface area contributed by atoms with E-state index in [4.69, 9.17) is 19.2 Å². The average molecular weight is 693 g/mol. The minimum absolute atomic E-state index is 0.0418. The molecule has 1 spiro atoms. The SMILES string of the molecule is CCc1nonc1C(=O)N[C@H](C(=O)Nc1ccc(-c2c(C)nn(COCC[Si](C)(C)C)c2C)cc1)C1c2cc(F)c(F)cc2OCC12CC2. The van der Waals surface area contributed by atoms with Gasteiger partial charge in [0.1, 0.15) is 24.2 Å². The lowest BCUT2D eigenvalue weighted by atomic mass is 9.75. The Morgan fingerprint density at radius 3 is 2.49 bits per heavy atom. The number of benzene rings is 2. The summed E-state index contributed by atoms with van der Waals surface area (Å²) < 4.78 is 47.3. The third-order valence-corrected chi connectivity index (χ3v) is 11.2. The van der Waals surface area contributed by atoms with Gasteiger partial charge in [-0.15, -0.1) is 0 Å². The van der Waals surface area contributed by atoms with Crippen molar-refractivity contribution in [3.63, 3.8) is 0 Å². The number of halogens is 2. The fourth-order valence-electron chi connectivity index (χ4n) is 6.53. The normalized spacial score (nSPS) is 16.9. The molecule has 2 amide bonds. The Balaban J connectivity index is 1.26. The molecule has 1 aliphatic carbocycles. The largest absolute Gasteiger partial charge is 0.493 e. The zero-order valence-electron chi connectivity index (χ0n) is 28.7. The van der Waals surface area contributed by atoms with Gasteiger partial charge in [-0.3, -0.25) is 9.59 Å². The van der Waals surface area contributed by atoms with E-state index in [1.54, 1.807) is 19.1 Å². The third-order valence-electron chi connectivity index (χ3n) is 9.50. The Kier molecular flexibility index (Phi) is 9.46. The van der Waals surface area contributed by atoms with E-state index in [0.29, 0.717) is 49.5 Å². The number of carbonyl (C=O) groups excluding carboxylic acids is 2. The van der Waals surface area contributed by atoms with Gasteiger partial charge in [0, 0.05) is 54.6 Å². The number of ether oxygens (including phenoxy) is 2. The Hall–Kier alpha value is -4.43. The molecule has 14 heteroatoms. The van der Waals surface area contributed by atoms with E-state index in [0.717, 1.165) is 40.7 Å². The second-order valence-corrected chi connectivity index (χ2v) is 19.9. The number of aromatic nitrogens is 4. The van der Waals surface area contributed by atoms with Gasteiger partial charge >= 0.3 is 0 Å². The lowest BCUT2D eigenvalue weighted by Crippen LogP contribution is -2.52. The summed E-state index contributed by atoms with van der Waals surface area (Å²) in [7, 11) is -1.20. The number of nitrogens with zero attached hydrogens (tertiary/aromatic N) is 4. The van der Waals surface area contributed by atoms with Crippen molar-refractivity contribution in [1.82, 2.24) is 25.4 Å². The van der Waals surface area contributed by atoms with Crippen LogP contribution in [0.25, 0.3) is 11.1 Å². The van der Waals surface area contributed by atoms with Crippen molar-refractivity contribution in [1.29, 1.82) is 0 Å². The number of hydrogen-bond acceptors (Lipinski definition) is 8. The number of anilines is 1. The zero-order valence-corrected chi connectivity index (χ0v) is 29.7. The van der Waals surface area contributed by atoms with Crippen LogP contribution in [-0.2, 0) is 22.7 Å². The fourth-order valence-corrected chi connectivity index (χ4v) is 7.29. The van der Waals surface area contributed by atoms with Gasteiger partial charge in [-0.25, -0.2) is 18.1 Å². The van der Waals surface area contributed by atoms with E-state index < -0.39 is 48.9 Å². The molecule has 11 nitrogen and oxygen atoms in total. The van der Waals surface area contributed by atoms with Gasteiger partial charge in [0.25, 0.3) is 5.91 Å². The molecule has 0 radical (unpaired) electrons. The molecule has 1 aliphatic heterocycles. The molecule has 2 N–H and O–H groups in total. The monoisotopic (exact) mass is 692 g/mol. The van der Waals surface area contributed by atoms with Crippen molar-refractivity contribution in [2.24, 2.45) is 5.41 Å². The van der Waals surface area contributed by atoms with Gasteiger partial charge < -0.3 is 20.1 Å². The molecular weight excluding hydrogens is 651 g/mol. The molecule has 0 bridgehead atoms. The molecule has 4 aromatic rings. The highest BCUT2D eigenvalue weighted by Gasteiger charge is 2.58. The third kappa shape index (κ3) is 7.16. The van der Waals surface area contributed by atoms with Gasteiger partial charge in [-0.2, -0.15) is 5.10 Å². The first-order valence-corrected chi connectivity index (χ1v) is 20.3. The molecule has 49 heavy (non-hydrogen) atoms. The van der Waals surface area contributed by atoms with Crippen LogP contribution in [0.5, 0.6) is 5.75 Å². The lowest BCUT2D eigenvalue weighted by molar-refractivity contribution is -0.119. The summed E-state index contributed by atoms with van der Waals surface area (Å²) in [6.07, 6.45) is 1.76. The van der Waals surface area contributed by atoms with E-state index in [2.05, 4.69) is 40.6 Å². The van der Waals surface area contributed by atoms with E-state index in [-0.39, 0.29) is 18.1 Å². The van der Waals surface area contributed by atoms with E-state index in [1.807, 2.05) is 30.7 Å². The van der Waals surface area contributed by atoms with E-state index in [9.17, 15) is 18.4 Å². The van der Waals surface area contributed by atoms with Crippen molar-refractivity contribution in [3.05, 3.63) is 76.4 Å².